The molecule has 2 atom stereocenters. The van der Waals surface area contributed by atoms with Gasteiger partial charge in [0.15, 0.2) is 0 Å². The van der Waals surface area contributed by atoms with Crippen molar-refractivity contribution in [3.63, 3.8) is 0 Å². The lowest BCUT2D eigenvalue weighted by atomic mass is 9.99. The topological polar surface area (TPSA) is 26.0 Å². The van der Waals surface area contributed by atoms with Gasteiger partial charge in [-0.05, 0) is 30.9 Å². The van der Waals surface area contributed by atoms with Gasteiger partial charge in [-0.3, -0.25) is 0 Å². The minimum Gasteiger partial charge on any atom is -0.327 e. The lowest BCUT2D eigenvalue weighted by Gasteiger charge is -2.16. The first kappa shape index (κ1) is 14.6. The van der Waals surface area contributed by atoms with Crippen LogP contribution in [-0.4, -0.2) is 11.8 Å². The summed E-state index contributed by atoms with van der Waals surface area (Å²) in [6, 6.07) is 8.85. The maximum atomic E-state index is 6.18. The van der Waals surface area contributed by atoms with Crippen LogP contribution < -0.4 is 5.73 Å². The number of rotatable bonds is 7. The van der Waals surface area contributed by atoms with Crippen LogP contribution in [0.5, 0.6) is 0 Å². The van der Waals surface area contributed by atoms with E-state index in [1.54, 1.807) is 0 Å². The molecule has 1 nitrogen and oxygen atoms in total. The van der Waals surface area contributed by atoms with Crippen LogP contribution in [0.15, 0.2) is 29.2 Å². The largest absolute Gasteiger partial charge is 0.327 e. The number of benzene rings is 1. The van der Waals surface area contributed by atoms with Crippen LogP contribution in [-0.2, 0) is 0 Å². The first-order chi connectivity index (χ1) is 8.13. The average molecular weight is 251 g/mol. The molecule has 0 aliphatic rings. The second-order valence-corrected chi connectivity index (χ2v) is 6.03. The molecule has 0 saturated carbocycles. The third-order valence-electron chi connectivity index (χ3n) is 3.03. The maximum Gasteiger partial charge on any atom is 0.0136 e. The second kappa shape index (κ2) is 7.78. The molecule has 0 radical (unpaired) electrons. The highest BCUT2D eigenvalue weighted by Gasteiger charge is 2.09. The van der Waals surface area contributed by atoms with Gasteiger partial charge in [0.2, 0.25) is 0 Å². The Morgan fingerprint density at radius 1 is 1.29 bits per heavy atom. The molecule has 0 spiro atoms. The van der Waals surface area contributed by atoms with Crippen molar-refractivity contribution in [3.8, 4) is 0 Å². The summed E-state index contributed by atoms with van der Waals surface area (Å²) in [4.78, 5) is 1.37. The molecule has 1 aromatic rings. The normalized spacial score (nSPS) is 14.6. The minimum atomic E-state index is 0.321. The first-order valence-corrected chi connectivity index (χ1v) is 7.56. The van der Waals surface area contributed by atoms with E-state index in [0.29, 0.717) is 6.04 Å². The van der Waals surface area contributed by atoms with Gasteiger partial charge in [0.05, 0.1) is 0 Å². The quantitative estimate of drug-likeness (QED) is 0.733. The van der Waals surface area contributed by atoms with Crippen LogP contribution in [0.1, 0.15) is 38.7 Å². The predicted octanol–water partition coefficient (Wildman–Crippen LogP) is 4.24. The van der Waals surface area contributed by atoms with Crippen molar-refractivity contribution in [2.45, 2.75) is 51.0 Å². The predicted molar refractivity (Wildman–Crippen MR) is 78.6 cm³/mol. The van der Waals surface area contributed by atoms with Crippen molar-refractivity contribution in [2.24, 2.45) is 11.7 Å². The molecule has 2 heteroatoms. The van der Waals surface area contributed by atoms with E-state index in [4.69, 9.17) is 5.73 Å². The molecule has 0 aliphatic heterocycles. The highest BCUT2D eigenvalue weighted by Crippen LogP contribution is 2.23. The van der Waals surface area contributed by atoms with E-state index >= 15 is 0 Å². The van der Waals surface area contributed by atoms with Gasteiger partial charge in [-0.1, -0.05) is 44.9 Å². The fourth-order valence-corrected chi connectivity index (χ4v) is 3.11. The Kier molecular flexibility index (Phi) is 6.68. The molecular formula is C15H25NS. The molecule has 0 fully saturated rings. The van der Waals surface area contributed by atoms with Gasteiger partial charge in [0, 0.05) is 16.7 Å². The lowest BCUT2D eigenvalue weighted by molar-refractivity contribution is 0.450. The van der Waals surface area contributed by atoms with Gasteiger partial charge >= 0.3 is 0 Å². The molecule has 2 N–H and O–H groups in total. The SMILES string of the molecule is CCCC(C)CC(N)CSc1ccccc1C. The summed E-state index contributed by atoms with van der Waals surface area (Å²) in [6.07, 6.45) is 3.70. The average Bonchev–Trinajstić information content (AvgIpc) is 2.28. The number of aryl methyl sites for hydroxylation is 1. The molecule has 0 bridgehead atoms. The highest BCUT2D eigenvalue weighted by molar-refractivity contribution is 7.99. The Bertz CT molecular complexity index is 324. The number of nitrogens with two attached hydrogens (primary N) is 1. The van der Waals surface area contributed by atoms with Gasteiger partial charge in [-0.2, -0.15) is 0 Å². The molecule has 2 unspecified atom stereocenters. The van der Waals surface area contributed by atoms with Crippen molar-refractivity contribution >= 4 is 11.8 Å². The Balaban J connectivity index is 2.33. The van der Waals surface area contributed by atoms with Crippen LogP contribution in [0, 0.1) is 12.8 Å². The third-order valence-corrected chi connectivity index (χ3v) is 4.40. The van der Waals surface area contributed by atoms with E-state index in [9.17, 15) is 0 Å². The number of hydrogen-bond acceptors (Lipinski definition) is 2. The van der Waals surface area contributed by atoms with Crippen LogP contribution in [0.2, 0.25) is 0 Å². The molecule has 17 heavy (non-hydrogen) atoms. The molecular weight excluding hydrogens is 226 g/mol. The van der Waals surface area contributed by atoms with Crippen molar-refractivity contribution in [1.82, 2.24) is 0 Å². The molecule has 0 amide bonds. The highest BCUT2D eigenvalue weighted by atomic mass is 32.2. The van der Waals surface area contributed by atoms with E-state index in [1.165, 1.54) is 23.3 Å². The Labute approximate surface area is 110 Å². The monoisotopic (exact) mass is 251 g/mol. The smallest absolute Gasteiger partial charge is 0.0136 e. The summed E-state index contributed by atoms with van der Waals surface area (Å²) < 4.78 is 0. The zero-order valence-electron chi connectivity index (χ0n) is 11.3. The summed E-state index contributed by atoms with van der Waals surface area (Å²) in [5.41, 5.74) is 7.54. The zero-order chi connectivity index (χ0) is 12.7. The molecule has 96 valence electrons. The van der Waals surface area contributed by atoms with E-state index in [1.807, 2.05) is 11.8 Å². The summed E-state index contributed by atoms with van der Waals surface area (Å²) >= 11 is 1.89. The van der Waals surface area contributed by atoms with Crippen molar-refractivity contribution < 1.29 is 0 Å². The zero-order valence-corrected chi connectivity index (χ0v) is 12.1. The second-order valence-electron chi connectivity index (χ2n) is 4.97. The first-order valence-electron chi connectivity index (χ1n) is 6.57. The van der Waals surface area contributed by atoms with Gasteiger partial charge < -0.3 is 5.73 Å². The summed E-state index contributed by atoms with van der Waals surface area (Å²) in [6.45, 7) is 6.71. The molecule has 1 aromatic carbocycles. The molecule has 0 aromatic heterocycles. The molecule has 0 heterocycles. The molecule has 0 aliphatic carbocycles. The van der Waals surface area contributed by atoms with Gasteiger partial charge in [0.25, 0.3) is 0 Å². The van der Waals surface area contributed by atoms with Gasteiger partial charge in [0.1, 0.15) is 0 Å². The number of thioether (sulfide) groups is 1. The van der Waals surface area contributed by atoms with E-state index < -0.39 is 0 Å². The van der Waals surface area contributed by atoms with Crippen LogP contribution >= 0.6 is 11.8 Å². The lowest BCUT2D eigenvalue weighted by Crippen LogP contribution is -2.25. The van der Waals surface area contributed by atoms with E-state index in [-0.39, 0.29) is 0 Å². The van der Waals surface area contributed by atoms with E-state index in [2.05, 4.69) is 45.0 Å². The third kappa shape index (κ3) is 5.60. The van der Waals surface area contributed by atoms with Crippen molar-refractivity contribution in [1.29, 1.82) is 0 Å². The van der Waals surface area contributed by atoms with Gasteiger partial charge in [-0.15, -0.1) is 11.8 Å². The fourth-order valence-electron chi connectivity index (χ4n) is 2.11. The summed E-state index contributed by atoms with van der Waals surface area (Å²) in [7, 11) is 0. The van der Waals surface area contributed by atoms with Crippen LogP contribution in [0.4, 0.5) is 0 Å². The Hall–Kier alpha value is -0.470. The van der Waals surface area contributed by atoms with Gasteiger partial charge in [-0.25, -0.2) is 0 Å². The van der Waals surface area contributed by atoms with Crippen LogP contribution in [0.3, 0.4) is 0 Å². The molecule has 0 saturated heterocycles. The minimum absolute atomic E-state index is 0.321. The van der Waals surface area contributed by atoms with Crippen LogP contribution in [0.25, 0.3) is 0 Å². The Morgan fingerprint density at radius 3 is 2.65 bits per heavy atom. The number of hydrogen-bond donors (Lipinski definition) is 1. The molecule has 1 rings (SSSR count). The Morgan fingerprint density at radius 2 is 2.00 bits per heavy atom. The van der Waals surface area contributed by atoms with Crippen molar-refractivity contribution in [2.75, 3.05) is 5.75 Å². The van der Waals surface area contributed by atoms with Crippen molar-refractivity contribution in [3.05, 3.63) is 29.8 Å². The standard InChI is InChI=1S/C15H25NS/c1-4-7-12(2)10-14(16)11-17-15-9-6-5-8-13(15)3/h5-6,8-9,12,14H,4,7,10-11,16H2,1-3H3. The maximum absolute atomic E-state index is 6.18. The fraction of sp³-hybridized carbons (Fsp3) is 0.600. The summed E-state index contributed by atoms with van der Waals surface area (Å²) in [5.74, 6) is 1.78. The van der Waals surface area contributed by atoms with E-state index in [0.717, 1.165) is 18.1 Å². The summed E-state index contributed by atoms with van der Waals surface area (Å²) in [5, 5.41) is 0.